The van der Waals surface area contributed by atoms with Crippen LogP contribution in [0.15, 0.2) is 30.5 Å². The lowest BCUT2D eigenvalue weighted by atomic mass is 9.92. The van der Waals surface area contributed by atoms with Gasteiger partial charge in [0.05, 0.1) is 35.5 Å². The highest BCUT2D eigenvalue weighted by atomic mass is 16.5. The molecule has 122 valence electrons. The molecule has 6 heteroatoms. The van der Waals surface area contributed by atoms with E-state index >= 15 is 0 Å². The third-order valence-electron chi connectivity index (χ3n) is 4.49. The quantitative estimate of drug-likeness (QED) is 0.907. The normalized spacial score (nSPS) is 21.8. The largest absolute Gasteiger partial charge is 0.490 e. The first-order valence-corrected chi connectivity index (χ1v) is 7.64. The summed E-state index contributed by atoms with van der Waals surface area (Å²) in [6.45, 7) is 3.91. The first-order valence-electron chi connectivity index (χ1n) is 7.64. The van der Waals surface area contributed by atoms with Crippen LogP contribution in [-0.2, 0) is 10.2 Å². The number of carboxylic acid groups (broad SMARTS) is 1. The zero-order chi connectivity index (χ0) is 17.3. The third kappa shape index (κ3) is 2.69. The van der Waals surface area contributed by atoms with Gasteiger partial charge in [-0.25, -0.2) is 9.97 Å². The van der Waals surface area contributed by atoms with Gasteiger partial charge in [0.2, 0.25) is 0 Å². The molecule has 0 spiro atoms. The van der Waals surface area contributed by atoms with Crippen LogP contribution in [0.25, 0.3) is 0 Å². The monoisotopic (exact) mass is 323 g/mol. The van der Waals surface area contributed by atoms with E-state index < -0.39 is 11.4 Å². The maximum Gasteiger partial charge on any atom is 0.314 e. The minimum atomic E-state index is -0.980. The maximum absolute atomic E-state index is 11.9. The molecule has 2 aromatic rings. The molecule has 1 aromatic heterocycles. The molecule has 2 atom stereocenters. The predicted octanol–water partition coefficient (Wildman–Crippen LogP) is 2.39. The molecule has 0 amide bonds. The summed E-state index contributed by atoms with van der Waals surface area (Å²) in [5.74, 6) is 0.199. The van der Waals surface area contributed by atoms with Crippen LogP contribution in [0.5, 0.6) is 5.75 Å². The van der Waals surface area contributed by atoms with Crippen LogP contribution in [-0.4, -0.2) is 27.7 Å². The van der Waals surface area contributed by atoms with Crippen LogP contribution in [0.1, 0.15) is 29.1 Å². The Balaban J connectivity index is 1.78. The van der Waals surface area contributed by atoms with Gasteiger partial charge >= 0.3 is 5.97 Å². The van der Waals surface area contributed by atoms with E-state index in [1.807, 2.05) is 6.92 Å². The van der Waals surface area contributed by atoms with Gasteiger partial charge < -0.3 is 9.84 Å². The Morgan fingerprint density at radius 3 is 2.96 bits per heavy atom. The zero-order valence-electron chi connectivity index (χ0n) is 13.5. The first-order chi connectivity index (χ1) is 11.5. The molecule has 3 rings (SSSR count). The number of ether oxygens (including phenoxy) is 1. The van der Waals surface area contributed by atoms with E-state index in [4.69, 9.17) is 10.00 Å². The lowest BCUT2D eigenvalue weighted by Gasteiger charge is -2.14. The maximum atomic E-state index is 11.9. The van der Waals surface area contributed by atoms with E-state index in [9.17, 15) is 9.90 Å². The standard InChI is InChI=1S/C18H17N3O3/c1-11-16(9-20-12(2)21-11)24-10-15-7-18(15,17(22)23)14-5-3-4-13(6-14)8-19/h3-6,9,15H,7,10H2,1-2H3,(H,22,23). The van der Waals surface area contributed by atoms with Gasteiger partial charge in [0.15, 0.2) is 5.75 Å². The highest BCUT2D eigenvalue weighted by molar-refractivity contribution is 5.86. The van der Waals surface area contributed by atoms with Crippen LogP contribution >= 0.6 is 0 Å². The Labute approximate surface area is 139 Å². The van der Waals surface area contributed by atoms with Gasteiger partial charge in [-0.1, -0.05) is 12.1 Å². The number of aromatic nitrogens is 2. The SMILES string of the molecule is Cc1ncc(OCC2CC2(C(=O)O)c2cccc(C#N)c2)c(C)n1. The van der Waals surface area contributed by atoms with Crippen LogP contribution in [0.2, 0.25) is 0 Å². The highest BCUT2D eigenvalue weighted by Crippen LogP contribution is 2.54. The summed E-state index contributed by atoms with van der Waals surface area (Å²) in [7, 11) is 0. The highest BCUT2D eigenvalue weighted by Gasteiger charge is 2.62. The Kier molecular flexibility index (Phi) is 3.94. The molecule has 1 aromatic carbocycles. The lowest BCUT2D eigenvalue weighted by molar-refractivity contribution is -0.140. The van der Waals surface area contributed by atoms with E-state index in [1.165, 1.54) is 0 Å². The second-order valence-electron chi connectivity index (χ2n) is 6.05. The third-order valence-corrected chi connectivity index (χ3v) is 4.49. The number of hydrogen-bond acceptors (Lipinski definition) is 5. The molecule has 0 bridgehead atoms. The second kappa shape index (κ2) is 5.93. The molecule has 0 aliphatic heterocycles. The average Bonchev–Trinajstić information content (AvgIpc) is 3.30. The molecule has 1 fully saturated rings. The van der Waals surface area contributed by atoms with Crippen molar-refractivity contribution < 1.29 is 14.6 Å². The summed E-state index contributed by atoms with van der Waals surface area (Å²) >= 11 is 0. The summed E-state index contributed by atoms with van der Waals surface area (Å²) < 4.78 is 5.75. The van der Waals surface area contributed by atoms with E-state index in [1.54, 1.807) is 37.4 Å². The minimum absolute atomic E-state index is 0.148. The van der Waals surface area contributed by atoms with Crippen molar-refractivity contribution in [2.45, 2.75) is 25.7 Å². The number of rotatable bonds is 5. The van der Waals surface area contributed by atoms with Gasteiger partial charge in [-0.2, -0.15) is 5.26 Å². The van der Waals surface area contributed by atoms with Crippen molar-refractivity contribution in [1.29, 1.82) is 5.26 Å². The molecular formula is C18H17N3O3. The van der Waals surface area contributed by atoms with Crippen molar-refractivity contribution in [1.82, 2.24) is 9.97 Å². The number of nitrogens with zero attached hydrogens (tertiary/aromatic N) is 3. The van der Waals surface area contributed by atoms with Crippen LogP contribution in [0.4, 0.5) is 0 Å². The zero-order valence-corrected chi connectivity index (χ0v) is 13.5. The molecule has 6 nitrogen and oxygen atoms in total. The number of carbonyl (C=O) groups is 1. The van der Waals surface area contributed by atoms with Crippen molar-refractivity contribution in [3.8, 4) is 11.8 Å². The fraction of sp³-hybridized carbons (Fsp3) is 0.333. The van der Waals surface area contributed by atoms with Gasteiger partial charge in [0, 0.05) is 5.92 Å². The molecule has 24 heavy (non-hydrogen) atoms. The minimum Gasteiger partial charge on any atom is -0.490 e. The topological polar surface area (TPSA) is 96.1 Å². The van der Waals surface area contributed by atoms with Crippen molar-refractivity contribution in [3.63, 3.8) is 0 Å². The van der Waals surface area contributed by atoms with Gasteiger partial charge in [0.1, 0.15) is 5.82 Å². The summed E-state index contributed by atoms with van der Waals surface area (Å²) in [6, 6.07) is 8.84. The first kappa shape index (κ1) is 15.9. The Bertz CT molecular complexity index is 844. The van der Waals surface area contributed by atoms with E-state index in [2.05, 4.69) is 16.0 Å². The van der Waals surface area contributed by atoms with Gasteiger partial charge in [-0.3, -0.25) is 4.79 Å². The van der Waals surface area contributed by atoms with Crippen molar-refractivity contribution >= 4 is 5.97 Å². The van der Waals surface area contributed by atoms with E-state index in [-0.39, 0.29) is 12.5 Å². The molecule has 1 aliphatic carbocycles. The van der Waals surface area contributed by atoms with Crippen LogP contribution in [0.3, 0.4) is 0 Å². The predicted molar refractivity (Wildman–Crippen MR) is 85.6 cm³/mol. The second-order valence-corrected chi connectivity index (χ2v) is 6.05. The number of hydrogen-bond donors (Lipinski definition) is 1. The fourth-order valence-electron chi connectivity index (χ4n) is 3.04. The number of aryl methyl sites for hydroxylation is 2. The van der Waals surface area contributed by atoms with E-state index in [0.717, 1.165) is 5.69 Å². The van der Waals surface area contributed by atoms with Crippen LogP contribution in [0, 0.1) is 31.1 Å². The fourth-order valence-corrected chi connectivity index (χ4v) is 3.04. The molecule has 1 N–H and O–H groups in total. The number of benzene rings is 1. The summed E-state index contributed by atoms with van der Waals surface area (Å²) in [5.41, 5.74) is 0.865. The molecule has 1 heterocycles. The number of nitriles is 1. The summed E-state index contributed by atoms with van der Waals surface area (Å²) in [6.07, 6.45) is 2.10. The van der Waals surface area contributed by atoms with E-state index in [0.29, 0.717) is 29.1 Å². The molecule has 1 aliphatic rings. The smallest absolute Gasteiger partial charge is 0.314 e. The summed E-state index contributed by atoms with van der Waals surface area (Å²) in [5, 5.41) is 18.7. The molecule has 2 unspecified atom stereocenters. The van der Waals surface area contributed by atoms with Gasteiger partial charge in [0.25, 0.3) is 0 Å². The lowest BCUT2D eigenvalue weighted by Crippen LogP contribution is -2.24. The van der Waals surface area contributed by atoms with Crippen molar-refractivity contribution in [3.05, 3.63) is 53.1 Å². The van der Waals surface area contributed by atoms with Crippen LogP contribution < -0.4 is 4.74 Å². The molecule has 1 saturated carbocycles. The number of aliphatic carboxylic acids is 1. The summed E-state index contributed by atoms with van der Waals surface area (Å²) in [4.78, 5) is 20.2. The van der Waals surface area contributed by atoms with Gasteiger partial charge in [-0.05, 0) is 38.0 Å². The van der Waals surface area contributed by atoms with Crippen molar-refractivity contribution in [2.75, 3.05) is 6.61 Å². The Morgan fingerprint density at radius 2 is 2.29 bits per heavy atom. The average molecular weight is 323 g/mol. The molecular weight excluding hydrogens is 306 g/mol. The molecule has 0 radical (unpaired) electrons. The van der Waals surface area contributed by atoms with Gasteiger partial charge in [-0.15, -0.1) is 0 Å². The van der Waals surface area contributed by atoms with Crippen molar-refractivity contribution in [2.24, 2.45) is 5.92 Å². The Hall–Kier alpha value is -2.94. The Morgan fingerprint density at radius 1 is 1.50 bits per heavy atom. The molecule has 0 saturated heterocycles. The number of carboxylic acids is 1.